The molecule has 0 amide bonds. The lowest BCUT2D eigenvalue weighted by atomic mass is 10.2. The van der Waals surface area contributed by atoms with E-state index in [2.05, 4.69) is 4.99 Å². The summed E-state index contributed by atoms with van der Waals surface area (Å²) in [6, 6.07) is 9.30. The van der Waals surface area contributed by atoms with E-state index in [-0.39, 0.29) is 0 Å². The summed E-state index contributed by atoms with van der Waals surface area (Å²) < 4.78 is 5.75. The Morgan fingerprint density at radius 3 is 2.71 bits per heavy atom. The zero-order valence-electron chi connectivity index (χ0n) is 11.7. The van der Waals surface area contributed by atoms with Crippen LogP contribution in [0.15, 0.2) is 40.7 Å². The lowest BCUT2D eigenvalue weighted by Crippen LogP contribution is -2.09. The number of thiophene rings is 1. The average Bonchev–Trinajstić information content (AvgIpc) is 2.92. The lowest BCUT2D eigenvalue weighted by Gasteiger charge is -2.07. The van der Waals surface area contributed by atoms with Gasteiger partial charge in [-0.3, -0.25) is 0 Å². The second kappa shape index (κ2) is 7.54. The summed E-state index contributed by atoms with van der Waals surface area (Å²) in [4.78, 5) is 7.66. The predicted molar refractivity (Wildman–Crippen MR) is 94.0 cm³/mol. The summed E-state index contributed by atoms with van der Waals surface area (Å²) in [6.45, 7) is 0.456. The molecular weight excluding hydrogens is 324 g/mol. The molecule has 6 heteroatoms. The van der Waals surface area contributed by atoms with E-state index in [9.17, 15) is 0 Å². The van der Waals surface area contributed by atoms with Crippen LogP contribution in [0.25, 0.3) is 0 Å². The van der Waals surface area contributed by atoms with E-state index in [1.54, 1.807) is 29.8 Å². The highest BCUT2D eigenvalue weighted by molar-refractivity contribution is 7.81. The number of aliphatic imine (C=N–C) groups is 1. The zero-order valence-corrected chi connectivity index (χ0v) is 14.1. The molecule has 0 saturated carbocycles. The number of nitrogens with zero attached hydrogens (tertiary/aromatic N) is 2. The van der Waals surface area contributed by atoms with Crippen LogP contribution in [0.1, 0.15) is 10.4 Å². The van der Waals surface area contributed by atoms with Crippen LogP contribution < -0.4 is 4.74 Å². The molecule has 110 valence electrons. The number of hydrogen-bond donors (Lipinski definition) is 0. The number of hydrogen-bond acceptors (Lipinski definition) is 3. The smallest absolute Gasteiger partial charge is 0.145 e. The minimum atomic E-state index is 0.456. The molecule has 0 aliphatic heterocycles. The summed E-state index contributed by atoms with van der Waals surface area (Å²) >= 11 is 12.8. The van der Waals surface area contributed by atoms with Crippen LogP contribution in [0.2, 0.25) is 5.02 Å². The highest BCUT2D eigenvalue weighted by Gasteiger charge is 2.09. The Kier molecular flexibility index (Phi) is 5.73. The summed E-state index contributed by atoms with van der Waals surface area (Å²) in [5, 5.41) is 2.69. The number of rotatable bonds is 5. The van der Waals surface area contributed by atoms with Gasteiger partial charge in [-0.2, -0.15) is 0 Å². The molecule has 0 bridgehead atoms. The average molecular weight is 339 g/mol. The number of ether oxygens (including phenoxy) is 1. The molecule has 0 N–H and O–H groups in total. The van der Waals surface area contributed by atoms with Gasteiger partial charge >= 0.3 is 0 Å². The first-order valence-electron chi connectivity index (χ1n) is 6.26. The standard InChI is InChI=1S/C15H15ClN2OS2/c1-18(2)10-17-15(20)14-11(7-8-21-14)9-19-13-5-3-12(16)4-6-13/h3-8,10H,9H2,1-2H3. The van der Waals surface area contributed by atoms with Gasteiger partial charge < -0.3 is 9.64 Å². The quantitative estimate of drug-likeness (QED) is 0.463. The Balaban J connectivity index is 2.03. The first-order valence-corrected chi connectivity index (χ1v) is 7.92. The zero-order chi connectivity index (χ0) is 15.2. The molecule has 1 aromatic heterocycles. The Morgan fingerprint density at radius 2 is 2.05 bits per heavy atom. The normalized spacial score (nSPS) is 10.8. The van der Waals surface area contributed by atoms with Crippen molar-refractivity contribution in [1.82, 2.24) is 4.90 Å². The van der Waals surface area contributed by atoms with Gasteiger partial charge in [0.2, 0.25) is 0 Å². The van der Waals surface area contributed by atoms with Gasteiger partial charge in [0.05, 0.1) is 11.2 Å². The van der Waals surface area contributed by atoms with E-state index < -0.39 is 0 Å². The van der Waals surface area contributed by atoms with E-state index in [0.29, 0.717) is 16.6 Å². The third-order valence-corrected chi connectivity index (χ3v) is 4.21. The monoisotopic (exact) mass is 338 g/mol. The highest BCUT2D eigenvalue weighted by atomic mass is 35.5. The molecule has 0 atom stereocenters. The van der Waals surface area contributed by atoms with Gasteiger partial charge in [0.15, 0.2) is 0 Å². The molecule has 21 heavy (non-hydrogen) atoms. The maximum Gasteiger partial charge on any atom is 0.145 e. The van der Waals surface area contributed by atoms with E-state index in [1.165, 1.54) is 0 Å². The molecule has 2 rings (SSSR count). The molecule has 2 aromatic rings. The van der Waals surface area contributed by atoms with Crippen LogP contribution in [0.4, 0.5) is 0 Å². The first kappa shape index (κ1) is 15.9. The molecule has 0 fully saturated rings. The van der Waals surface area contributed by atoms with Crippen LogP contribution in [0.5, 0.6) is 5.75 Å². The van der Waals surface area contributed by atoms with E-state index in [1.807, 2.05) is 42.6 Å². The molecule has 0 aliphatic rings. The summed E-state index contributed by atoms with van der Waals surface area (Å²) in [6.07, 6.45) is 1.70. The molecule has 0 radical (unpaired) electrons. The van der Waals surface area contributed by atoms with Crippen molar-refractivity contribution in [3.05, 3.63) is 51.2 Å². The van der Waals surface area contributed by atoms with Gasteiger partial charge in [-0.15, -0.1) is 11.3 Å². The van der Waals surface area contributed by atoms with Crippen LogP contribution in [0, 0.1) is 0 Å². The topological polar surface area (TPSA) is 24.8 Å². The second-order valence-electron chi connectivity index (χ2n) is 4.53. The van der Waals surface area contributed by atoms with Crippen molar-refractivity contribution in [1.29, 1.82) is 0 Å². The molecule has 3 nitrogen and oxygen atoms in total. The lowest BCUT2D eigenvalue weighted by molar-refractivity contribution is 0.306. The molecule has 0 unspecified atom stereocenters. The fourth-order valence-electron chi connectivity index (χ4n) is 1.56. The molecule has 0 aliphatic carbocycles. The van der Waals surface area contributed by atoms with Crippen molar-refractivity contribution < 1.29 is 4.74 Å². The van der Waals surface area contributed by atoms with Crippen molar-refractivity contribution in [3.8, 4) is 5.75 Å². The molecule has 1 heterocycles. The maximum atomic E-state index is 5.85. The Morgan fingerprint density at radius 1 is 1.33 bits per heavy atom. The molecule has 0 spiro atoms. The van der Waals surface area contributed by atoms with E-state index in [0.717, 1.165) is 16.2 Å². The fraction of sp³-hybridized carbons (Fsp3) is 0.200. The van der Waals surface area contributed by atoms with Gasteiger partial charge in [-0.25, -0.2) is 4.99 Å². The maximum absolute atomic E-state index is 5.85. The minimum Gasteiger partial charge on any atom is -0.489 e. The third kappa shape index (κ3) is 4.81. The Labute approximate surface area is 138 Å². The van der Waals surface area contributed by atoms with Gasteiger partial charge in [0, 0.05) is 24.7 Å². The van der Waals surface area contributed by atoms with Crippen LogP contribution >= 0.6 is 35.2 Å². The van der Waals surface area contributed by atoms with Crippen LogP contribution in [0.3, 0.4) is 0 Å². The molecular formula is C15H15ClN2OS2. The summed E-state index contributed by atoms with van der Waals surface area (Å²) in [7, 11) is 3.82. The first-order chi connectivity index (χ1) is 10.1. The molecule has 0 saturated heterocycles. The Bertz CT molecular complexity index is 635. The SMILES string of the molecule is CN(C)C=NC(=S)c1sccc1COc1ccc(Cl)cc1. The van der Waals surface area contributed by atoms with Gasteiger partial charge in [-0.05, 0) is 35.7 Å². The third-order valence-electron chi connectivity index (χ3n) is 2.55. The summed E-state index contributed by atoms with van der Waals surface area (Å²) in [5.74, 6) is 0.777. The van der Waals surface area contributed by atoms with Gasteiger partial charge in [0.25, 0.3) is 0 Å². The Hall–Kier alpha value is -1.43. The van der Waals surface area contributed by atoms with E-state index >= 15 is 0 Å². The van der Waals surface area contributed by atoms with Crippen molar-refractivity contribution in [2.24, 2.45) is 4.99 Å². The molecule has 1 aromatic carbocycles. The predicted octanol–water partition coefficient (Wildman–Crippen LogP) is 4.25. The van der Waals surface area contributed by atoms with Crippen molar-refractivity contribution >= 4 is 46.5 Å². The summed E-state index contributed by atoms with van der Waals surface area (Å²) in [5.41, 5.74) is 1.04. The highest BCUT2D eigenvalue weighted by Crippen LogP contribution is 2.22. The fourth-order valence-corrected chi connectivity index (χ4v) is 2.80. The van der Waals surface area contributed by atoms with Crippen LogP contribution in [-0.4, -0.2) is 30.3 Å². The van der Waals surface area contributed by atoms with Crippen LogP contribution in [-0.2, 0) is 6.61 Å². The van der Waals surface area contributed by atoms with E-state index in [4.69, 9.17) is 28.6 Å². The van der Waals surface area contributed by atoms with Gasteiger partial charge in [-0.1, -0.05) is 23.8 Å². The number of benzene rings is 1. The van der Waals surface area contributed by atoms with Crippen molar-refractivity contribution in [3.63, 3.8) is 0 Å². The number of thiocarbonyl (C=S) groups is 1. The number of halogens is 1. The largest absolute Gasteiger partial charge is 0.489 e. The van der Waals surface area contributed by atoms with Gasteiger partial charge in [0.1, 0.15) is 17.3 Å². The minimum absolute atomic E-state index is 0.456. The van der Waals surface area contributed by atoms with Crippen molar-refractivity contribution in [2.45, 2.75) is 6.61 Å². The second-order valence-corrected chi connectivity index (χ2v) is 6.27. The van der Waals surface area contributed by atoms with Crippen molar-refractivity contribution in [2.75, 3.05) is 14.1 Å².